The zero-order valence-corrected chi connectivity index (χ0v) is 11.1. The van der Waals surface area contributed by atoms with Crippen molar-refractivity contribution in [2.45, 2.75) is 0 Å². The van der Waals surface area contributed by atoms with E-state index < -0.39 is 4.92 Å². The van der Waals surface area contributed by atoms with Crippen LogP contribution in [0.1, 0.15) is 0 Å². The first-order valence-electron chi connectivity index (χ1n) is 5.14. The molecule has 0 unspecified atom stereocenters. The summed E-state index contributed by atoms with van der Waals surface area (Å²) in [6.07, 6.45) is 3.04. The average molecular weight is 325 g/mol. The van der Waals surface area contributed by atoms with Gasteiger partial charge in [-0.3, -0.25) is 20.9 Å². The first-order chi connectivity index (χ1) is 9.11. The summed E-state index contributed by atoms with van der Waals surface area (Å²) in [6.45, 7) is 0. The number of benzene rings is 1. The number of halogens is 1. The molecule has 0 amide bonds. The van der Waals surface area contributed by atoms with E-state index in [4.69, 9.17) is 10.6 Å². The van der Waals surface area contributed by atoms with Crippen LogP contribution in [0.4, 0.5) is 11.4 Å². The van der Waals surface area contributed by atoms with E-state index >= 15 is 0 Å². The maximum absolute atomic E-state index is 11.1. The average Bonchev–Trinajstić information content (AvgIpc) is 2.38. The van der Waals surface area contributed by atoms with Crippen LogP contribution in [0.2, 0.25) is 0 Å². The van der Waals surface area contributed by atoms with Gasteiger partial charge >= 0.3 is 5.69 Å². The van der Waals surface area contributed by atoms with Crippen molar-refractivity contribution in [2.24, 2.45) is 5.84 Å². The van der Waals surface area contributed by atoms with Crippen LogP contribution >= 0.6 is 15.9 Å². The fraction of sp³-hybridized carbons (Fsp3) is 0. The van der Waals surface area contributed by atoms with E-state index in [-0.39, 0.29) is 17.1 Å². The number of ether oxygens (including phenoxy) is 1. The Morgan fingerprint density at radius 3 is 2.84 bits per heavy atom. The highest BCUT2D eigenvalue weighted by Gasteiger charge is 2.21. The van der Waals surface area contributed by atoms with E-state index in [1.165, 1.54) is 18.3 Å². The molecule has 0 aliphatic heterocycles. The Morgan fingerprint density at radius 2 is 2.21 bits per heavy atom. The molecule has 0 bridgehead atoms. The Labute approximate surface area is 116 Å². The summed E-state index contributed by atoms with van der Waals surface area (Å²) in [5, 5.41) is 11.1. The predicted molar refractivity (Wildman–Crippen MR) is 72.9 cm³/mol. The van der Waals surface area contributed by atoms with Crippen molar-refractivity contribution in [1.29, 1.82) is 0 Å². The fourth-order valence-electron chi connectivity index (χ4n) is 1.48. The van der Waals surface area contributed by atoms with Crippen molar-refractivity contribution in [2.75, 3.05) is 5.43 Å². The number of nitrogens with zero attached hydrogens (tertiary/aromatic N) is 2. The molecular formula is C11H9BrN4O3. The van der Waals surface area contributed by atoms with Crippen molar-refractivity contribution in [3.8, 4) is 11.5 Å². The first kappa shape index (κ1) is 13.2. The molecule has 8 heteroatoms. The van der Waals surface area contributed by atoms with Gasteiger partial charge in [-0.1, -0.05) is 6.07 Å². The molecule has 0 spiro atoms. The molecule has 0 saturated carbocycles. The summed E-state index contributed by atoms with van der Waals surface area (Å²) in [4.78, 5) is 14.4. The highest BCUT2D eigenvalue weighted by Crippen LogP contribution is 2.37. The number of nitro groups is 1. The van der Waals surface area contributed by atoms with Crippen molar-refractivity contribution >= 4 is 27.3 Å². The lowest BCUT2D eigenvalue weighted by Crippen LogP contribution is -2.09. The summed E-state index contributed by atoms with van der Waals surface area (Å²) >= 11 is 3.24. The third-order valence-corrected chi connectivity index (χ3v) is 2.68. The minimum absolute atomic E-state index is 0.0837. The SMILES string of the molecule is NNc1cccc(Oc2cncc(Br)c2)c1[N+](=O)[O-]. The lowest BCUT2D eigenvalue weighted by atomic mass is 10.2. The summed E-state index contributed by atoms with van der Waals surface area (Å²) in [5.41, 5.74) is 2.21. The monoisotopic (exact) mass is 324 g/mol. The number of nitrogens with one attached hydrogen (secondary N) is 1. The minimum atomic E-state index is -0.560. The Morgan fingerprint density at radius 1 is 1.42 bits per heavy atom. The highest BCUT2D eigenvalue weighted by molar-refractivity contribution is 9.10. The van der Waals surface area contributed by atoms with Gasteiger partial charge in [0.15, 0.2) is 0 Å². The van der Waals surface area contributed by atoms with Gasteiger partial charge in [0.1, 0.15) is 11.4 Å². The number of rotatable bonds is 4. The van der Waals surface area contributed by atoms with E-state index in [2.05, 4.69) is 26.3 Å². The Kier molecular flexibility index (Phi) is 3.93. The van der Waals surface area contributed by atoms with Gasteiger partial charge in [-0.05, 0) is 34.1 Å². The molecule has 98 valence electrons. The summed E-state index contributed by atoms with van der Waals surface area (Å²) < 4.78 is 6.17. The molecule has 3 N–H and O–H groups in total. The topological polar surface area (TPSA) is 103 Å². The minimum Gasteiger partial charge on any atom is -0.448 e. The van der Waals surface area contributed by atoms with Gasteiger partial charge < -0.3 is 10.2 Å². The van der Waals surface area contributed by atoms with Crippen LogP contribution in [0, 0.1) is 10.1 Å². The maximum atomic E-state index is 11.1. The molecule has 2 rings (SSSR count). The smallest absolute Gasteiger partial charge is 0.335 e. The van der Waals surface area contributed by atoms with Crippen LogP contribution < -0.4 is 16.0 Å². The van der Waals surface area contributed by atoms with Crippen LogP contribution in [0.5, 0.6) is 11.5 Å². The Hall–Kier alpha value is -2.19. The molecule has 0 saturated heterocycles. The molecule has 0 aliphatic rings. The second-order valence-electron chi connectivity index (χ2n) is 3.49. The molecule has 0 atom stereocenters. The Bertz CT molecular complexity index is 621. The number of aromatic nitrogens is 1. The number of anilines is 1. The zero-order valence-electron chi connectivity index (χ0n) is 9.54. The maximum Gasteiger partial charge on any atom is 0.335 e. The quantitative estimate of drug-likeness (QED) is 0.509. The molecule has 1 aromatic heterocycles. The van der Waals surface area contributed by atoms with Gasteiger partial charge in [0.2, 0.25) is 5.75 Å². The van der Waals surface area contributed by atoms with Gasteiger partial charge in [-0.25, -0.2) is 0 Å². The number of nitro benzene ring substituents is 1. The normalized spacial score (nSPS) is 10.0. The molecule has 0 fully saturated rings. The van der Waals surface area contributed by atoms with Crippen LogP contribution in [-0.2, 0) is 0 Å². The molecule has 0 aliphatic carbocycles. The third-order valence-electron chi connectivity index (χ3n) is 2.24. The number of hydrazine groups is 1. The van der Waals surface area contributed by atoms with E-state index in [1.54, 1.807) is 18.3 Å². The second-order valence-corrected chi connectivity index (χ2v) is 4.41. The van der Waals surface area contributed by atoms with E-state index in [0.29, 0.717) is 10.2 Å². The zero-order chi connectivity index (χ0) is 13.8. The number of para-hydroxylation sites is 1. The van der Waals surface area contributed by atoms with Crippen molar-refractivity contribution < 1.29 is 9.66 Å². The van der Waals surface area contributed by atoms with E-state index in [0.717, 1.165) is 0 Å². The molecule has 2 aromatic rings. The summed E-state index contributed by atoms with van der Waals surface area (Å²) in [5.74, 6) is 5.71. The van der Waals surface area contributed by atoms with Gasteiger partial charge in [0, 0.05) is 10.7 Å². The predicted octanol–water partition coefficient (Wildman–Crippen LogP) is 2.83. The second kappa shape index (κ2) is 5.63. The lowest BCUT2D eigenvalue weighted by molar-refractivity contribution is -0.384. The van der Waals surface area contributed by atoms with Gasteiger partial charge in [-0.2, -0.15) is 0 Å². The fourth-order valence-corrected chi connectivity index (χ4v) is 1.83. The molecule has 0 radical (unpaired) electrons. The molecular weight excluding hydrogens is 316 g/mol. The number of hydrogen-bond donors (Lipinski definition) is 2. The summed E-state index contributed by atoms with van der Waals surface area (Å²) in [6, 6.07) is 6.23. The van der Waals surface area contributed by atoms with Crippen molar-refractivity contribution in [3.05, 3.63) is 51.2 Å². The lowest BCUT2D eigenvalue weighted by Gasteiger charge is -2.08. The number of hydrogen-bond acceptors (Lipinski definition) is 6. The Balaban J connectivity index is 2.42. The van der Waals surface area contributed by atoms with Gasteiger partial charge in [-0.15, -0.1) is 0 Å². The van der Waals surface area contributed by atoms with Gasteiger partial charge in [0.25, 0.3) is 0 Å². The van der Waals surface area contributed by atoms with Gasteiger partial charge in [0.05, 0.1) is 11.1 Å². The van der Waals surface area contributed by atoms with Crippen LogP contribution in [0.15, 0.2) is 41.1 Å². The number of nitrogen functional groups attached to an aromatic ring is 1. The molecule has 7 nitrogen and oxygen atoms in total. The molecule has 19 heavy (non-hydrogen) atoms. The number of nitrogens with two attached hydrogens (primary N) is 1. The largest absolute Gasteiger partial charge is 0.448 e. The summed E-state index contributed by atoms with van der Waals surface area (Å²) in [7, 11) is 0. The first-order valence-corrected chi connectivity index (χ1v) is 5.93. The van der Waals surface area contributed by atoms with E-state index in [9.17, 15) is 10.1 Å². The molecule has 1 aromatic carbocycles. The van der Waals surface area contributed by atoms with Crippen LogP contribution in [-0.4, -0.2) is 9.91 Å². The standard InChI is InChI=1S/C11H9BrN4O3/c12-7-4-8(6-14-5-7)19-10-3-1-2-9(15-13)11(10)16(17)18/h1-6,15H,13H2. The van der Waals surface area contributed by atoms with Crippen LogP contribution in [0.25, 0.3) is 0 Å². The van der Waals surface area contributed by atoms with Crippen molar-refractivity contribution in [3.63, 3.8) is 0 Å². The van der Waals surface area contributed by atoms with Crippen LogP contribution in [0.3, 0.4) is 0 Å². The molecule has 1 heterocycles. The number of pyridine rings is 1. The third kappa shape index (κ3) is 2.98. The highest BCUT2D eigenvalue weighted by atomic mass is 79.9. The van der Waals surface area contributed by atoms with Crippen molar-refractivity contribution in [1.82, 2.24) is 4.98 Å². The van der Waals surface area contributed by atoms with E-state index in [1.807, 2.05) is 0 Å².